The van der Waals surface area contributed by atoms with Crippen molar-refractivity contribution in [3.63, 3.8) is 0 Å². The van der Waals surface area contributed by atoms with E-state index in [1.807, 2.05) is 0 Å². The smallest absolute Gasteiger partial charge is 0.151 e. The molecule has 0 fully saturated rings. The molecule has 0 bridgehead atoms. The highest BCUT2D eigenvalue weighted by molar-refractivity contribution is 6.31. The maximum Gasteiger partial charge on any atom is 0.151 e. The fourth-order valence-electron chi connectivity index (χ4n) is 1.51. The molecule has 0 saturated heterocycles. The van der Waals surface area contributed by atoms with E-state index >= 15 is 0 Å². The van der Waals surface area contributed by atoms with Gasteiger partial charge in [0.15, 0.2) is 5.82 Å². The highest BCUT2D eigenvalue weighted by atomic mass is 35.5. The van der Waals surface area contributed by atoms with Crippen LogP contribution in [0.3, 0.4) is 0 Å². The highest BCUT2D eigenvalue weighted by Gasteiger charge is 2.15. The number of terminal acetylenes is 1. The molecular formula is C12H9ClFN3. The third kappa shape index (κ3) is 1.97. The van der Waals surface area contributed by atoms with Crippen LogP contribution in [-0.4, -0.2) is 9.55 Å². The second-order valence-corrected chi connectivity index (χ2v) is 3.82. The van der Waals surface area contributed by atoms with Crippen molar-refractivity contribution in [2.45, 2.75) is 6.54 Å². The molecule has 1 heterocycles. The van der Waals surface area contributed by atoms with Crippen LogP contribution in [0.2, 0.25) is 5.02 Å². The number of nitrogens with zero attached hydrogens (tertiary/aromatic N) is 2. The first-order chi connectivity index (χ1) is 8.15. The number of nitrogen functional groups attached to an aromatic ring is 1. The molecular weight excluding hydrogens is 241 g/mol. The summed E-state index contributed by atoms with van der Waals surface area (Å²) in [4.78, 5) is 4.05. The molecule has 0 aliphatic rings. The van der Waals surface area contributed by atoms with E-state index < -0.39 is 5.82 Å². The quantitative estimate of drug-likeness (QED) is 0.832. The minimum absolute atomic E-state index is 0.0356. The molecule has 1 aromatic heterocycles. The van der Waals surface area contributed by atoms with Gasteiger partial charge in [-0.25, -0.2) is 9.37 Å². The van der Waals surface area contributed by atoms with Crippen molar-refractivity contribution in [2.24, 2.45) is 0 Å². The minimum atomic E-state index is -0.535. The lowest BCUT2D eigenvalue weighted by Crippen LogP contribution is -2.01. The Bertz CT molecular complexity index is 598. The van der Waals surface area contributed by atoms with Crippen molar-refractivity contribution in [1.82, 2.24) is 9.55 Å². The van der Waals surface area contributed by atoms with Gasteiger partial charge in [0.1, 0.15) is 11.5 Å². The van der Waals surface area contributed by atoms with Gasteiger partial charge in [0.2, 0.25) is 0 Å². The molecule has 0 atom stereocenters. The van der Waals surface area contributed by atoms with Gasteiger partial charge < -0.3 is 10.3 Å². The Labute approximate surface area is 103 Å². The van der Waals surface area contributed by atoms with Gasteiger partial charge in [-0.1, -0.05) is 23.6 Å². The van der Waals surface area contributed by atoms with Crippen LogP contribution >= 0.6 is 11.6 Å². The van der Waals surface area contributed by atoms with Gasteiger partial charge in [-0.15, -0.1) is 6.42 Å². The van der Waals surface area contributed by atoms with E-state index in [1.54, 1.807) is 16.7 Å². The summed E-state index contributed by atoms with van der Waals surface area (Å²) in [6.07, 6.45) is 6.66. The van der Waals surface area contributed by atoms with Crippen molar-refractivity contribution in [3.05, 3.63) is 35.4 Å². The predicted molar refractivity (Wildman–Crippen MR) is 65.9 cm³/mol. The topological polar surface area (TPSA) is 43.8 Å². The number of anilines is 1. The first kappa shape index (κ1) is 11.5. The maximum atomic E-state index is 13.8. The molecule has 0 amide bonds. The Hall–Kier alpha value is -1.99. The van der Waals surface area contributed by atoms with Crippen LogP contribution in [0.4, 0.5) is 10.2 Å². The van der Waals surface area contributed by atoms with Gasteiger partial charge in [0.05, 0.1) is 17.9 Å². The van der Waals surface area contributed by atoms with Gasteiger partial charge in [0.25, 0.3) is 0 Å². The normalized spacial score (nSPS) is 10.2. The Balaban J connectivity index is 2.55. The summed E-state index contributed by atoms with van der Waals surface area (Å²) in [7, 11) is 0. The lowest BCUT2D eigenvalue weighted by molar-refractivity contribution is 0.631. The van der Waals surface area contributed by atoms with Crippen LogP contribution in [0.25, 0.3) is 11.3 Å². The minimum Gasteiger partial charge on any atom is -0.383 e. The summed E-state index contributed by atoms with van der Waals surface area (Å²) >= 11 is 5.70. The van der Waals surface area contributed by atoms with Crippen LogP contribution in [0.1, 0.15) is 0 Å². The Morgan fingerprint density at radius 1 is 1.53 bits per heavy atom. The number of hydrogen-bond acceptors (Lipinski definition) is 2. The van der Waals surface area contributed by atoms with Crippen LogP contribution in [-0.2, 0) is 6.54 Å². The monoisotopic (exact) mass is 249 g/mol. The molecule has 0 spiro atoms. The lowest BCUT2D eigenvalue weighted by atomic mass is 10.1. The van der Waals surface area contributed by atoms with E-state index in [1.165, 1.54) is 12.4 Å². The Morgan fingerprint density at radius 3 is 3.00 bits per heavy atom. The highest BCUT2D eigenvalue weighted by Crippen LogP contribution is 2.30. The predicted octanol–water partition coefficient (Wildman–Crippen LogP) is 2.56. The van der Waals surface area contributed by atoms with E-state index in [0.717, 1.165) is 0 Å². The standard InChI is InChI=1S/C12H9ClFN3/c1-2-6-17-7-16-11(12(17)15)8-4-3-5-9(13)10(8)14/h1,3-5,7H,6,15H2. The summed E-state index contributed by atoms with van der Waals surface area (Å²) in [6.45, 7) is 0.293. The van der Waals surface area contributed by atoms with Gasteiger partial charge in [-0.3, -0.25) is 0 Å². The molecule has 0 radical (unpaired) electrons. The third-order valence-electron chi connectivity index (χ3n) is 2.35. The zero-order valence-electron chi connectivity index (χ0n) is 8.82. The molecule has 0 aliphatic carbocycles. The number of aromatic nitrogens is 2. The van der Waals surface area contributed by atoms with Gasteiger partial charge in [0, 0.05) is 5.56 Å². The van der Waals surface area contributed by atoms with Crippen molar-refractivity contribution in [1.29, 1.82) is 0 Å². The number of benzene rings is 1. The number of halogens is 2. The first-order valence-electron chi connectivity index (χ1n) is 4.83. The number of rotatable bonds is 2. The average molecular weight is 250 g/mol. The van der Waals surface area contributed by atoms with E-state index in [0.29, 0.717) is 18.1 Å². The van der Waals surface area contributed by atoms with Crippen molar-refractivity contribution in [2.75, 3.05) is 5.73 Å². The first-order valence-corrected chi connectivity index (χ1v) is 5.21. The zero-order chi connectivity index (χ0) is 12.4. The van der Waals surface area contributed by atoms with Crippen molar-refractivity contribution in [3.8, 4) is 23.6 Å². The second kappa shape index (κ2) is 4.48. The molecule has 2 N–H and O–H groups in total. The molecule has 1 aromatic carbocycles. The molecule has 0 saturated carbocycles. The zero-order valence-corrected chi connectivity index (χ0v) is 9.58. The van der Waals surface area contributed by atoms with Crippen LogP contribution in [0.5, 0.6) is 0 Å². The lowest BCUT2D eigenvalue weighted by Gasteiger charge is -2.04. The fraction of sp³-hybridized carbons (Fsp3) is 0.0833. The van der Waals surface area contributed by atoms with Gasteiger partial charge in [-0.2, -0.15) is 0 Å². The molecule has 0 aliphatic heterocycles. The van der Waals surface area contributed by atoms with Crippen molar-refractivity contribution >= 4 is 17.4 Å². The van der Waals surface area contributed by atoms with Gasteiger partial charge in [-0.05, 0) is 12.1 Å². The summed E-state index contributed by atoms with van der Waals surface area (Å²) < 4.78 is 15.4. The third-order valence-corrected chi connectivity index (χ3v) is 2.64. The second-order valence-electron chi connectivity index (χ2n) is 3.41. The van der Waals surface area contributed by atoms with E-state index in [9.17, 15) is 4.39 Å². The largest absolute Gasteiger partial charge is 0.383 e. The number of nitrogens with two attached hydrogens (primary N) is 1. The van der Waals surface area contributed by atoms with Crippen LogP contribution in [0, 0.1) is 18.2 Å². The molecule has 0 unspecified atom stereocenters. The molecule has 2 rings (SSSR count). The van der Waals surface area contributed by atoms with E-state index in [2.05, 4.69) is 10.9 Å². The molecule has 5 heteroatoms. The maximum absolute atomic E-state index is 13.8. The summed E-state index contributed by atoms with van der Waals surface area (Å²) in [6, 6.07) is 4.68. The Morgan fingerprint density at radius 2 is 2.29 bits per heavy atom. The molecule has 17 heavy (non-hydrogen) atoms. The average Bonchev–Trinajstić information content (AvgIpc) is 2.66. The summed E-state index contributed by atoms with van der Waals surface area (Å²) in [5, 5.41) is 0.0356. The fourth-order valence-corrected chi connectivity index (χ4v) is 1.68. The molecule has 3 nitrogen and oxygen atoms in total. The summed E-state index contributed by atoms with van der Waals surface area (Å²) in [5.74, 6) is 2.23. The number of hydrogen-bond donors (Lipinski definition) is 1. The SMILES string of the molecule is C#CCn1cnc(-c2cccc(Cl)c2F)c1N. The summed E-state index contributed by atoms with van der Waals surface area (Å²) in [5.41, 5.74) is 6.45. The molecule has 2 aromatic rings. The number of imidazole rings is 1. The van der Waals surface area contributed by atoms with Crippen molar-refractivity contribution < 1.29 is 4.39 Å². The van der Waals surface area contributed by atoms with Crippen LogP contribution in [0.15, 0.2) is 24.5 Å². The van der Waals surface area contributed by atoms with E-state index in [-0.39, 0.29) is 10.6 Å². The van der Waals surface area contributed by atoms with E-state index in [4.69, 9.17) is 23.8 Å². The van der Waals surface area contributed by atoms with Gasteiger partial charge >= 0.3 is 0 Å². The Kier molecular flexibility index (Phi) is 3.03. The van der Waals surface area contributed by atoms with Crippen LogP contribution < -0.4 is 5.73 Å². The molecule has 86 valence electrons.